The van der Waals surface area contributed by atoms with E-state index in [1.807, 2.05) is 11.0 Å². The summed E-state index contributed by atoms with van der Waals surface area (Å²) < 4.78 is 5.44. The van der Waals surface area contributed by atoms with Gasteiger partial charge in [-0.2, -0.15) is 4.98 Å². The highest BCUT2D eigenvalue weighted by Crippen LogP contribution is 2.32. The summed E-state index contributed by atoms with van der Waals surface area (Å²) in [6.07, 6.45) is 5.15. The van der Waals surface area contributed by atoms with Crippen molar-refractivity contribution in [2.45, 2.75) is 45.1 Å². The first-order chi connectivity index (χ1) is 12.7. The van der Waals surface area contributed by atoms with Gasteiger partial charge in [-0.05, 0) is 32.1 Å². The van der Waals surface area contributed by atoms with Crippen molar-refractivity contribution in [3.8, 4) is 0 Å². The van der Waals surface area contributed by atoms with Crippen molar-refractivity contribution in [2.75, 3.05) is 49.6 Å². The van der Waals surface area contributed by atoms with Gasteiger partial charge >= 0.3 is 0 Å². The lowest BCUT2D eigenvalue weighted by molar-refractivity contribution is -0.133. The van der Waals surface area contributed by atoms with Crippen LogP contribution in [0.15, 0.2) is 6.07 Å². The summed E-state index contributed by atoms with van der Waals surface area (Å²) in [5.74, 6) is 2.32. The van der Waals surface area contributed by atoms with E-state index in [2.05, 4.69) is 17.1 Å². The number of hydrogen-bond donors (Lipinski definition) is 1. The number of nitrogens with one attached hydrogen (secondary N) is 1. The first-order valence-corrected chi connectivity index (χ1v) is 9.99. The number of likely N-dealkylation sites (tertiary alicyclic amines) is 1. The summed E-state index contributed by atoms with van der Waals surface area (Å²) in [7, 11) is 0. The number of carbonyl (C=O) groups is 1. The van der Waals surface area contributed by atoms with Crippen molar-refractivity contribution in [1.82, 2.24) is 14.9 Å². The summed E-state index contributed by atoms with van der Waals surface area (Å²) >= 11 is 0. The van der Waals surface area contributed by atoms with E-state index in [1.165, 1.54) is 0 Å². The number of rotatable bonds is 5. The number of aromatic nitrogens is 2. The molecular formula is C19H29N5O2. The first-order valence-electron chi connectivity index (χ1n) is 9.99. The minimum atomic E-state index is 0.267. The number of carbonyl (C=O) groups excluding carboxylic acids is 1. The van der Waals surface area contributed by atoms with E-state index in [0.717, 1.165) is 89.0 Å². The zero-order valence-corrected chi connectivity index (χ0v) is 15.6. The zero-order chi connectivity index (χ0) is 17.9. The van der Waals surface area contributed by atoms with Gasteiger partial charge in [-0.15, -0.1) is 0 Å². The number of nitrogens with zero attached hydrogens (tertiary/aromatic N) is 4. The lowest BCUT2D eigenvalue weighted by atomic mass is 10.0. The lowest BCUT2D eigenvalue weighted by Gasteiger charge is -2.34. The van der Waals surface area contributed by atoms with Crippen molar-refractivity contribution in [3.63, 3.8) is 0 Å². The van der Waals surface area contributed by atoms with E-state index in [4.69, 9.17) is 14.7 Å². The Bertz CT molecular complexity index is 643. The Kier molecular flexibility index (Phi) is 5.24. The van der Waals surface area contributed by atoms with Crippen LogP contribution in [0.4, 0.5) is 11.8 Å². The van der Waals surface area contributed by atoms with Gasteiger partial charge in [0.2, 0.25) is 11.9 Å². The molecule has 1 aromatic rings. The maximum atomic E-state index is 12.4. The molecule has 2 aliphatic heterocycles. The van der Waals surface area contributed by atoms with Crippen LogP contribution in [0.3, 0.4) is 0 Å². The van der Waals surface area contributed by atoms with Gasteiger partial charge in [0.25, 0.3) is 0 Å². The van der Waals surface area contributed by atoms with E-state index in [-0.39, 0.29) is 6.04 Å². The lowest BCUT2D eigenvalue weighted by Crippen LogP contribution is -2.46. The highest BCUT2D eigenvalue weighted by Gasteiger charge is 2.35. The second-order valence-electron chi connectivity index (χ2n) is 7.54. The molecule has 1 saturated carbocycles. The fourth-order valence-corrected chi connectivity index (χ4v) is 3.74. The normalized spacial score (nSPS) is 23.8. The van der Waals surface area contributed by atoms with E-state index in [9.17, 15) is 4.79 Å². The van der Waals surface area contributed by atoms with Crippen LogP contribution in [-0.4, -0.2) is 66.2 Å². The Morgan fingerprint density at radius 1 is 1.23 bits per heavy atom. The summed E-state index contributed by atoms with van der Waals surface area (Å²) in [4.78, 5) is 26.1. The predicted molar refractivity (Wildman–Crippen MR) is 100 cm³/mol. The van der Waals surface area contributed by atoms with Gasteiger partial charge in [-0.3, -0.25) is 4.79 Å². The quantitative estimate of drug-likeness (QED) is 0.863. The number of ether oxygens (including phenoxy) is 1. The molecule has 3 heterocycles. The van der Waals surface area contributed by atoms with E-state index < -0.39 is 0 Å². The standard InChI is InChI=1S/C19H29N5O2/c1-2-15-12-17(22-19(21-15)23-8-10-26-11-9-23)20-16-4-3-7-24(13-16)18(25)14-5-6-14/h12,14,16H,2-11,13H2,1H3,(H,20,21,22). The highest BCUT2D eigenvalue weighted by atomic mass is 16.5. The monoisotopic (exact) mass is 359 g/mol. The van der Waals surface area contributed by atoms with Crippen molar-refractivity contribution >= 4 is 17.7 Å². The SMILES string of the molecule is CCc1cc(NC2CCCN(C(=O)C3CC3)C2)nc(N2CCOCC2)n1. The predicted octanol–water partition coefficient (Wildman–Crippen LogP) is 1.69. The Labute approximate surface area is 155 Å². The summed E-state index contributed by atoms with van der Waals surface area (Å²) in [5, 5.41) is 3.58. The van der Waals surface area contributed by atoms with Gasteiger partial charge in [-0.25, -0.2) is 4.98 Å². The molecule has 1 aromatic heterocycles. The molecule has 2 saturated heterocycles. The van der Waals surface area contributed by atoms with Crippen molar-refractivity contribution in [1.29, 1.82) is 0 Å². The first kappa shape index (κ1) is 17.5. The van der Waals surface area contributed by atoms with Gasteiger partial charge < -0.3 is 19.9 Å². The number of amides is 1. The number of morpholine rings is 1. The summed E-state index contributed by atoms with van der Waals surface area (Å²) in [6, 6.07) is 2.31. The molecule has 0 aromatic carbocycles. The maximum absolute atomic E-state index is 12.4. The van der Waals surface area contributed by atoms with Gasteiger partial charge in [-0.1, -0.05) is 6.92 Å². The summed E-state index contributed by atoms with van der Waals surface area (Å²) in [5.41, 5.74) is 1.05. The maximum Gasteiger partial charge on any atom is 0.227 e. The van der Waals surface area contributed by atoms with E-state index in [0.29, 0.717) is 11.8 Å². The molecule has 0 radical (unpaired) electrons. The second kappa shape index (κ2) is 7.78. The number of hydrogen-bond acceptors (Lipinski definition) is 6. The van der Waals surface area contributed by atoms with Crippen LogP contribution in [0.2, 0.25) is 0 Å². The topological polar surface area (TPSA) is 70.6 Å². The van der Waals surface area contributed by atoms with Gasteiger partial charge in [0.1, 0.15) is 5.82 Å². The average Bonchev–Trinajstić information content (AvgIpc) is 3.53. The fraction of sp³-hybridized carbons (Fsp3) is 0.737. The van der Waals surface area contributed by atoms with Crippen LogP contribution in [0.1, 0.15) is 38.3 Å². The molecule has 0 spiro atoms. The molecule has 0 bridgehead atoms. The molecular weight excluding hydrogens is 330 g/mol. The smallest absolute Gasteiger partial charge is 0.227 e. The number of aryl methyl sites for hydroxylation is 1. The number of anilines is 2. The third-order valence-corrected chi connectivity index (χ3v) is 5.44. The molecule has 7 heteroatoms. The Morgan fingerprint density at radius 3 is 2.77 bits per heavy atom. The van der Waals surface area contributed by atoms with Crippen molar-refractivity contribution < 1.29 is 9.53 Å². The third kappa shape index (κ3) is 4.09. The molecule has 7 nitrogen and oxygen atoms in total. The molecule has 3 aliphatic rings. The second-order valence-corrected chi connectivity index (χ2v) is 7.54. The van der Waals surface area contributed by atoms with Crippen molar-refractivity contribution in [2.24, 2.45) is 5.92 Å². The van der Waals surface area contributed by atoms with Crippen LogP contribution in [0, 0.1) is 5.92 Å². The minimum absolute atomic E-state index is 0.267. The molecule has 142 valence electrons. The molecule has 1 amide bonds. The third-order valence-electron chi connectivity index (χ3n) is 5.44. The molecule has 1 aliphatic carbocycles. The minimum Gasteiger partial charge on any atom is -0.378 e. The van der Waals surface area contributed by atoms with Crippen LogP contribution in [0.5, 0.6) is 0 Å². The van der Waals surface area contributed by atoms with E-state index >= 15 is 0 Å². The van der Waals surface area contributed by atoms with E-state index in [1.54, 1.807) is 0 Å². The van der Waals surface area contributed by atoms with Crippen LogP contribution in [-0.2, 0) is 16.0 Å². The highest BCUT2D eigenvalue weighted by molar-refractivity contribution is 5.81. The molecule has 26 heavy (non-hydrogen) atoms. The number of piperidine rings is 1. The van der Waals surface area contributed by atoms with Gasteiger partial charge in [0.05, 0.1) is 13.2 Å². The average molecular weight is 359 g/mol. The Balaban J connectivity index is 1.45. The Morgan fingerprint density at radius 2 is 2.04 bits per heavy atom. The summed E-state index contributed by atoms with van der Waals surface area (Å²) in [6.45, 7) is 6.92. The fourth-order valence-electron chi connectivity index (χ4n) is 3.74. The Hall–Kier alpha value is -1.89. The van der Waals surface area contributed by atoms with Crippen LogP contribution in [0.25, 0.3) is 0 Å². The van der Waals surface area contributed by atoms with Crippen molar-refractivity contribution in [3.05, 3.63) is 11.8 Å². The van der Waals surface area contributed by atoms with Crippen LogP contribution >= 0.6 is 0 Å². The molecule has 1 N–H and O–H groups in total. The van der Waals surface area contributed by atoms with Gasteiger partial charge in [0, 0.05) is 49.9 Å². The molecule has 4 rings (SSSR count). The zero-order valence-electron chi connectivity index (χ0n) is 15.6. The molecule has 1 atom stereocenters. The largest absolute Gasteiger partial charge is 0.378 e. The van der Waals surface area contributed by atoms with Crippen LogP contribution < -0.4 is 10.2 Å². The molecule has 3 fully saturated rings. The van der Waals surface area contributed by atoms with Gasteiger partial charge in [0.15, 0.2) is 0 Å². The molecule has 1 unspecified atom stereocenters.